The first-order chi connectivity index (χ1) is 17.0. The van der Waals surface area contributed by atoms with Gasteiger partial charge < -0.3 is 17.2 Å². The van der Waals surface area contributed by atoms with Crippen molar-refractivity contribution in [1.82, 2.24) is 15.5 Å². The van der Waals surface area contributed by atoms with E-state index in [0.717, 1.165) is 16.7 Å². The Morgan fingerprint density at radius 1 is 0.806 bits per heavy atom. The van der Waals surface area contributed by atoms with Crippen molar-refractivity contribution in [3.63, 3.8) is 0 Å². The Morgan fingerprint density at radius 2 is 1.33 bits per heavy atom. The van der Waals surface area contributed by atoms with E-state index in [-0.39, 0.29) is 36.9 Å². The molecule has 36 heavy (non-hydrogen) atoms. The number of nitrogens with one attached hydrogen (secondary N) is 2. The van der Waals surface area contributed by atoms with Crippen LogP contribution in [0.3, 0.4) is 0 Å². The van der Waals surface area contributed by atoms with Crippen molar-refractivity contribution in [1.29, 1.82) is 0 Å². The minimum Gasteiger partial charge on any atom is -1.00 e. The molecule has 0 aromatic heterocycles. The van der Waals surface area contributed by atoms with Gasteiger partial charge in [-0.05, 0) is 23.1 Å². The maximum absolute atomic E-state index is 13.1. The van der Waals surface area contributed by atoms with Crippen LogP contribution >= 0.6 is 0 Å². The van der Waals surface area contributed by atoms with Gasteiger partial charge in [0.1, 0.15) is 18.1 Å². The van der Waals surface area contributed by atoms with Crippen molar-refractivity contribution < 1.29 is 50.5 Å². The van der Waals surface area contributed by atoms with Gasteiger partial charge in [0.25, 0.3) is 0 Å². The maximum atomic E-state index is 13.1. The molecule has 7 nitrogen and oxygen atoms in total. The zero-order valence-corrected chi connectivity index (χ0v) is 22.3. The van der Waals surface area contributed by atoms with E-state index < -0.39 is 30.0 Å². The van der Waals surface area contributed by atoms with Crippen LogP contribution in [0.2, 0.25) is 0 Å². The van der Waals surface area contributed by atoms with E-state index in [1.165, 1.54) is 0 Å². The molecule has 4 atom stereocenters. The Kier molecular flexibility index (Phi) is 10.3. The molecule has 0 spiro atoms. The molecule has 0 saturated carbocycles. The van der Waals surface area contributed by atoms with E-state index in [1.807, 2.05) is 91.0 Å². The second-order valence-corrected chi connectivity index (χ2v) is 8.66. The number of benzene rings is 3. The first-order valence-corrected chi connectivity index (χ1v) is 11.7. The summed E-state index contributed by atoms with van der Waals surface area (Å²) in [6, 6.07) is 26.2. The maximum Gasteiger partial charge on any atom is 1.00 e. The third-order valence-electron chi connectivity index (χ3n) is 6.12. The molecule has 0 aliphatic carbocycles. The molecular weight excluding hydrogens is 465 g/mol. The average Bonchev–Trinajstić information content (AvgIpc) is 3.59. The van der Waals surface area contributed by atoms with Crippen molar-refractivity contribution in [2.45, 2.75) is 37.5 Å². The van der Waals surface area contributed by atoms with Gasteiger partial charge in [-0.3, -0.25) is 19.3 Å². The minimum atomic E-state index is -1.05. The number of rotatable bonds is 11. The summed E-state index contributed by atoms with van der Waals surface area (Å²) < 4.78 is 0. The van der Waals surface area contributed by atoms with Crippen molar-refractivity contribution in [3.05, 3.63) is 108 Å². The van der Waals surface area contributed by atoms with Crippen molar-refractivity contribution in [3.8, 4) is 0 Å². The number of carboxylic acids is 1. The Labute approximate surface area is 234 Å². The number of carbonyl (C=O) groups is 3. The van der Waals surface area contributed by atoms with E-state index in [0.29, 0.717) is 25.9 Å². The first-order valence-electron chi connectivity index (χ1n) is 11.7. The molecule has 182 valence electrons. The molecule has 1 aliphatic rings. The van der Waals surface area contributed by atoms with Gasteiger partial charge in [-0.1, -0.05) is 91.0 Å². The topological polar surface area (TPSA) is 98.5 Å². The molecule has 0 bridgehead atoms. The molecule has 1 heterocycles. The van der Waals surface area contributed by atoms with Gasteiger partial charge in [-0.25, -0.2) is 0 Å². The van der Waals surface area contributed by atoms with Gasteiger partial charge >= 0.3 is 35.5 Å². The minimum absolute atomic E-state index is 0. The van der Waals surface area contributed by atoms with Crippen LogP contribution in [0.15, 0.2) is 91.0 Å². The van der Waals surface area contributed by atoms with Gasteiger partial charge in [-0.15, -0.1) is 0 Å². The SMILES string of the molecule is O=C(NCCc1ccccc1)[C@H](Cc1ccccc1)NC(=O)[C@@H]1[C@@H](C(=O)O)N1Cc1ccccc1.[H-].[Na+]. The zero-order chi connectivity index (χ0) is 24.6. The number of carboxylic acid groups (broad SMARTS) is 1. The quantitative estimate of drug-likeness (QED) is 0.247. The first kappa shape index (κ1) is 27.6. The summed E-state index contributed by atoms with van der Waals surface area (Å²) in [5.74, 6) is -1.79. The molecule has 3 N–H and O–H groups in total. The molecule has 1 saturated heterocycles. The fraction of sp³-hybridized carbons (Fsp3) is 0.250. The molecule has 4 rings (SSSR count). The molecule has 3 aromatic rings. The summed E-state index contributed by atoms with van der Waals surface area (Å²) in [7, 11) is 0. The number of amides is 2. The van der Waals surface area contributed by atoms with Gasteiger partial charge in [0.15, 0.2) is 0 Å². The van der Waals surface area contributed by atoms with Crippen LogP contribution in [0.25, 0.3) is 0 Å². The molecule has 1 fully saturated rings. The normalized spacial score (nSPS) is 18.8. The van der Waals surface area contributed by atoms with Crippen molar-refractivity contribution in [2.24, 2.45) is 0 Å². The number of aliphatic carboxylic acids is 1. The fourth-order valence-corrected chi connectivity index (χ4v) is 4.25. The molecular formula is C28H30N3NaO4. The second-order valence-electron chi connectivity index (χ2n) is 8.66. The molecule has 0 radical (unpaired) electrons. The number of carbonyl (C=O) groups excluding carboxylic acids is 2. The van der Waals surface area contributed by atoms with E-state index in [2.05, 4.69) is 10.6 Å². The average molecular weight is 496 g/mol. The Bertz CT molecular complexity index is 1150. The number of hydrogen-bond acceptors (Lipinski definition) is 4. The van der Waals surface area contributed by atoms with E-state index in [1.54, 1.807) is 4.90 Å². The van der Waals surface area contributed by atoms with Gasteiger partial charge in [0.2, 0.25) is 11.8 Å². The largest absolute Gasteiger partial charge is 1.00 e. The van der Waals surface area contributed by atoms with Gasteiger partial charge in [0, 0.05) is 19.5 Å². The fourth-order valence-electron chi connectivity index (χ4n) is 4.25. The summed E-state index contributed by atoms with van der Waals surface area (Å²) in [5, 5.41) is 15.4. The van der Waals surface area contributed by atoms with Gasteiger partial charge in [0.05, 0.1) is 0 Å². The second kappa shape index (κ2) is 13.4. The summed E-state index contributed by atoms with van der Waals surface area (Å²) in [6.07, 6.45) is 0.986. The standard InChI is InChI=1S/C28H29N3O4.Na.H/c32-26(29-17-16-20-10-4-1-5-11-20)23(18-21-12-6-2-7-13-21)30-27(33)24-25(28(34)35)31(24)19-22-14-8-3-9-15-22;;/h1-15,23-25H,16-19H2,(H,29,32)(H,30,33)(H,34,35);;/q;+1;-1/t23-,24-,25-,31?;;/m0../s1. The van der Waals surface area contributed by atoms with Crippen molar-refractivity contribution >= 4 is 17.8 Å². The van der Waals surface area contributed by atoms with Crippen LogP contribution < -0.4 is 40.2 Å². The number of hydrogen-bond donors (Lipinski definition) is 3. The summed E-state index contributed by atoms with van der Waals surface area (Å²) in [5.41, 5.74) is 2.94. The summed E-state index contributed by atoms with van der Waals surface area (Å²) >= 11 is 0. The number of nitrogens with zero attached hydrogens (tertiary/aromatic N) is 1. The Morgan fingerprint density at radius 3 is 1.89 bits per heavy atom. The molecule has 8 heteroatoms. The van der Waals surface area contributed by atoms with Crippen LogP contribution in [-0.4, -0.2) is 52.5 Å². The predicted octanol–water partition coefficient (Wildman–Crippen LogP) is -0.473. The van der Waals surface area contributed by atoms with E-state index in [4.69, 9.17) is 0 Å². The van der Waals surface area contributed by atoms with Crippen molar-refractivity contribution in [2.75, 3.05) is 6.54 Å². The smallest absolute Gasteiger partial charge is 1.00 e. The van der Waals surface area contributed by atoms with Crippen LogP contribution in [-0.2, 0) is 33.8 Å². The zero-order valence-electron chi connectivity index (χ0n) is 21.3. The Balaban J connectivity index is 0.00000241. The molecule has 1 aliphatic heterocycles. The molecule has 1 unspecified atom stereocenters. The Hall–Kier alpha value is -2.97. The monoisotopic (exact) mass is 495 g/mol. The van der Waals surface area contributed by atoms with E-state index in [9.17, 15) is 19.5 Å². The van der Waals surface area contributed by atoms with Gasteiger partial charge in [-0.2, -0.15) is 0 Å². The third-order valence-corrected chi connectivity index (χ3v) is 6.12. The summed E-state index contributed by atoms with van der Waals surface area (Å²) in [4.78, 5) is 39.6. The van der Waals surface area contributed by atoms with E-state index >= 15 is 0 Å². The molecule has 3 aromatic carbocycles. The van der Waals surface area contributed by atoms with Crippen LogP contribution in [0.4, 0.5) is 0 Å². The predicted molar refractivity (Wildman–Crippen MR) is 134 cm³/mol. The third kappa shape index (κ3) is 7.51. The van der Waals surface area contributed by atoms with Crippen LogP contribution in [0.5, 0.6) is 0 Å². The van der Waals surface area contributed by atoms with Crippen LogP contribution in [0.1, 0.15) is 18.1 Å². The molecule has 2 amide bonds. The summed E-state index contributed by atoms with van der Waals surface area (Å²) in [6.45, 7) is 0.786. The van der Waals surface area contributed by atoms with Crippen LogP contribution in [0, 0.1) is 0 Å².